The van der Waals surface area contributed by atoms with Crippen LogP contribution in [0.25, 0.3) is 0 Å². The fraction of sp³-hybridized carbons (Fsp3) is 0.364. The molecule has 0 heterocycles. The van der Waals surface area contributed by atoms with Crippen molar-refractivity contribution < 1.29 is 9.53 Å². The summed E-state index contributed by atoms with van der Waals surface area (Å²) in [5.74, 6) is 0.762. The van der Waals surface area contributed by atoms with Gasteiger partial charge in [-0.25, -0.2) is 4.79 Å². The van der Waals surface area contributed by atoms with E-state index in [9.17, 15) is 4.79 Å². The molecule has 0 aliphatic heterocycles. The monoisotopic (exact) mass is 210 g/mol. The van der Waals surface area contributed by atoms with Gasteiger partial charge in [0, 0.05) is 4.90 Å². The van der Waals surface area contributed by atoms with E-state index in [0.29, 0.717) is 12.2 Å². The number of ether oxygens (including phenoxy) is 1. The highest BCUT2D eigenvalue weighted by Gasteiger charge is 2.05. The highest BCUT2D eigenvalue weighted by atomic mass is 32.2. The van der Waals surface area contributed by atoms with E-state index in [-0.39, 0.29) is 5.97 Å². The number of carbonyl (C=O) groups is 1. The Bertz CT molecular complexity index is 310. The second kappa shape index (κ2) is 5.70. The predicted octanol–water partition coefficient (Wildman–Crippen LogP) is 2.98. The maximum Gasteiger partial charge on any atom is 0.338 e. The zero-order chi connectivity index (χ0) is 10.4. The molecule has 14 heavy (non-hydrogen) atoms. The molecule has 0 atom stereocenters. The third-order valence-corrected chi connectivity index (χ3v) is 2.53. The largest absolute Gasteiger partial charge is 0.462 e. The summed E-state index contributed by atoms with van der Waals surface area (Å²) in [5.41, 5.74) is 0.630. The molecular formula is C11H14O2S. The standard InChI is InChI=1S/C11H14O2S/c1-3-13-11(12)9-6-5-7-10(8-9)14-4-2/h5-8H,3-4H2,1-2H3. The van der Waals surface area contributed by atoms with Crippen LogP contribution < -0.4 is 0 Å². The summed E-state index contributed by atoms with van der Waals surface area (Å²) in [6, 6.07) is 7.52. The molecule has 0 spiro atoms. The van der Waals surface area contributed by atoms with Gasteiger partial charge in [-0.3, -0.25) is 0 Å². The van der Waals surface area contributed by atoms with Gasteiger partial charge in [-0.2, -0.15) is 0 Å². The smallest absolute Gasteiger partial charge is 0.338 e. The van der Waals surface area contributed by atoms with Crippen LogP contribution in [0, 0.1) is 0 Å². The molecule has 76 valence electrons. The fourth-order valence-corrected chi connectivity index (χ4v) is 1.81. The van der Waals surface area contributed by atoms with E-state index in [2.05, 4.69) is 6.92 Å². The second-order valence-corrected chi connectivity index (χ2v) is 4.02. The third kappa shape index (κ3) is 3.07. The number of rotatable bonds is 4. The number of carbonyl (C=O) groups excluding carboxylic acids is 1. The van der Waals surface area contributed by atoms with Crippen molar-refractivity contribution in [1.29, 1.82) is 0 Å². The molecule has 1 aromatic carbocycles. The van der Waals surface area contributed by atoms with E-state index >= 15 is 0 Å². The Kier molecular flexibility index (Phi) is 4.53. The van der Waals surface area contributed by atoms with Crippen molar-refractivity contribution in [3.63, 3.8) is 0 Å². The average Bonchev–Trinajstić information content (AvgIpc) is 2.19. The molecular weight excluding hydrogens is 196 g/mol. The van der Waals surface area contributed by atoms with Crippen molar-refractivity contribution in [3.05, 3.63) is 29.8 Å². The number of hydrogen-bond acceptors (Lipinski definition) is 3. The van der Waals surface area contributed by atoms with E-state index in [1.165, 1.54) is 0 Å². The first-order chi connectivity index (χ1) is 6.77. The molecule has 3 heteroatoms. The minimum absolute atomic E-state index is 0.244. The minimum Gasteiger partial charge on any atom is -0.462 e. The molecule has 1 rings (SSSR count). The Hall–Kier alpha value is -0.960. The van der Waals surface area contributed by atoms with Gasteiger partial charge in [0.1, 0.15) is 0 Å². The molecule has 1 aromatic rings. The first kappa shape index (κ1) is 11.1. The molecule has 0 aliphatic rings. The van der Waals surface area contributed by atoms with E-state index in [1.54, 1.807) is 17.8 Å². The first-order valence-electron chi connectivity index (χ1n) is 4.68. The van der Waals surface area contributed by atoms with Crippen LogP contribution in [0.3, 0.4) is 0 Å². The highest BCUT2D eigenvalue weighted by Crippen LogP contribution is 2.18. The SMILES string of the molecule is CCOC(=O)c1cccc(SCC)c1. The molecule has 0 bridgehead atoms. The highest BCUT2D eigenvalue weighted by molar-refractivity contribution is 7.99. The van der Waals surface area contributed by atoms with E-state index in [1.807, 2.05) is 25.1 Å². The van der Waals surface area contributed by atoms with E-state index < -0.39 is 0 Å². The van der Waals surface area contributed by atoms with Crippen LogP contribution in [0.1, 0.15) is 24.2 Å². The zero-order valence-corrected chi connectivity index (χ0v) is 9.26. The Morgan fingerprint density at radius 2 is 2.21 bits per heavy atom. The van der Waals surface area contributed by atoms with Crippen LogP contribution >= 0.6 is 11.8 Å². The average molecular weight is 210 g/mol. The zero-order valence-electron chi connectivity index (χ0n) is 8.45. The van der Waals surface area contributed by atoms with Gasteiger partial charge in [-0.1, -0.05) is 13.0 Å². The molecule has 0 radical (unpaired) electrons. The molecule has 2 nitrogen and oxygen atoms in total. The Labute approximate surface area is 88.7 Å². The van der Waals surface area contributed by atoms with Crippen molar-refractivity contribution >= 4 is 17.7 Å². The van der Waals surface area contributed by atoms with Gasteiger partial charge in [0.2, 0.25) is 0 Å². The van der Waals surface area contributed by atoms with Gasteiger partial charge in [0.15, 0.2) is 0 Å². The van der Waals surface area contributed by atoms with Gasteiger partial charge in [-0.05, 0) is 30.9 Å². The van der Waals surface area contributed by atoms with Crippen LogP contribution in [-0.2, 0) is 4.74 Å². The maximum absolute atomic E-state index is 11.4. The van der Waals surface area contributed by atoms with Crippen LogP contribution in [0.2, 0.25) is 0 Å². The van der Waals surface area contributed by atoms with Crippen molar-refractivity contribution in [2.75, 3.05) is 12.4 Å². The summed E-state index contributed by atoms with van der Waals surface area (Å²) < 4.78 is 4.91. The minimum atomic E-state index is -0.244. The quantitative estimate of drug-likeness (QED) is 0.564. The van der Waals surface area contributed by atoms with Crippen LogP contribution in [0.4, 0.5) is 0 Å². The molecule has 0 aromatic heterocycles. The summed E-state index contributed by atoms with van der Waals surface area (Å²) >= 11 is 1.72. The lowest BCUT2D eigenvalue weighted by Crippen LogP contribution is -2.04. The number of thioether (sulfide) groups is 1. The summed E-state index contributed by atoms with van der Waals surface area (Å²) in [6.45, 7) is 4.31. The predicted molar refractivity (Wildman–Crippen MR) is 58.8 cm³/mol. The van der Waals surface area contributed by atoms with Crippen molar-refractivity contribution in [2.45, 2.75) is 18.7 Å². The summed E-state index contributed by atoms with van der Waals surface area (Å²) in [5, 5.41) is 0. The van der Waals surface area contributed by atoms with Gasteiger partial charge in [0.25, 0.3) is 0 Å². The Morgan fingerprint density at radius 3 is 2.86 bits per heavy atom. The molecule has 0 N–H and O–H groups in total. The Balaban J connectivity index is 2.77. The van der Waals surface area contributed by atoms with Gasteiger partial charge < -0.3 is 4.74 Å². The molecule has 0 amide bonds. The fourth-order valence-electron chi connectivity index (χ4n) is 1.09. The van der Waals surface area contributed by atoms with Crippen molar-refractivity contribution in [3.8, 4) is 0 Å². The summed E-state index contributed by atoms with van der Waals surface area (Å²) in [4.78, 5) is 12.5. The van der Waals surface area contributed by atoms with Gasteiger partial charge >= 0.3 is 5.97 Å². The molecule has 0 saturated carbocycles. The van der Waals surface area contributed by atoms with Crippen LogP contribution in [-0.4, -0.2) is 18.3 Å². The van der Waals surface area contributed by atoms with Crippen molar-refractivity contribution in [2.24, 2.45) is 0 Å². The molecule has 0 fully saturated rings. The second-order valence-electron chi connectivity index (χ2n) is 2.68. The van der Waals surface area contributed by atoms with Gasteiger partial charge in [0.05, 0.1) is 12.2 Å². The lowest BCUT2D eigenvalue weighted by molar-refractivity contribution is 0.0526. The summed E-state index contributed by atoms with van der Waals surface area (Å²) in [6.07, 6.45) is 0. The van der Waals surface area contributed by atoms with E-state index in [0.717, 1.165) is 10.6 Å². The number of esters is 1. The third-order valence-electron chi connectivity index (χ3n) is 1.66. The van der Waals surface area contributed by atoms with Gasteiger partial charge in [-0.15, -0.1) is 11.8 Å². The number of benzene rings is 1. The maximum atomic E-state index is 11.4. The molecule has 0 saturated heterocycles. The summed E-state index contributed by atoms with van der Waals surface area (Å²) in [7, 11) is 0. The van der Waals surface area contributed by atoms with Crippen molar-refractivity contribution in [1.82, 2.24) is 0 Å². The molecule has 0 aliphatic carbocycles. The number of hydrogen-bond donors (Lipinski definition) is 0. The first-order valence-corrected chi connectivity index (χ1v) is 5.66. The van der Waals surface area contributed by atoms with Crippen LogP contribution in [0.15, 0.2) is 29.2 Å². The van der Waals surface area contributed by atoms with E-state index in [4.69, 9.17) is 4.74 Å². The topological polar surface area (TPSA) is 26.3 Å². The Morgan fingerprint density at radius 1 is 1.43 bits per heavy atom. The molecule has 0 unspecified atom stereocenters. The lowest BCUT2D eigenvalue weighted by atomic mass is 10.2. The normalized spacial score (nSPS) is 9.86. The lowest BCUT2D eigenvalue weighted by Gasteiger charge is -2.03. The van der Waals surface area contributed by atoms with Crippen LogP contribution in [0.5, 0.6) is 0 Å².